The summed E-state index contributed by atoms with van der Waals surface area (Å²) in [7, 11) is 0. The Morgan fingerprint density at radius 3 is 2.95 bits per heavy atom. The molecule has 0 atom stereocenters. The zero-order valence-corrected chi connectivity index (χ0v) is 12.4. The number of hydrogen-bond acceptors (Lipinski definition) is 6. The third-order valence-electron chi connectivity index (χ3n) is 2.45. The van der Waals surface area contributed by atoms with E-state index in [1.807, 2.05) is 12.3 Å². The molecule has 6 nitrogen and oxygen atoms in total. The van der Waals surface area contributed by atoms with Crippen LogP contribution in [0.5, 0.6) is 0 Å². The highest BCUT2D eigenvalue weighted by molar-refractivity contribution is 7.99. The first-order chi connectivity index (χ1) is 9.54. The van der Waals surface area contributed by atoms with Gasteiger partial charge in [0.05, 0.1) is 16.5 Å². The number of carbonyl (C=O) groups is 1. The molecule has 0 aromatic carbocycles. The molecule has 0 bridgehead atoms. The smallest absolute Gasteiger partial charge is 0.313 e. The Labute approximate surface area is 123 Å². The van der Waals surface area contributed by atoms with Crippen LogP contribution in [0.2, 0.25) is 0 Å². The Hall–Kier alpha value is -1.67. The monoisotopic (exact) mass is 311 g/mol. The summed E-state index contributed by atoms with van der Waals surface area (Å²) in [5, 5.41) is 12.1. The molecule has 0 radical (unpaired) electrons. The zero-order valence-electron chi connectivity index (χ0n) is 10.8. The van der Waals surface area contributed by atoms with Crippen molar-refractivity contribution in [2.24, 2.45) is 0 Å². The molecule has 0 fully saturated rings. The molecule has 0 aliphatic carbocycles. The van der Waals surface area contributed by atoms with Crippen LogP contribution in [-0.2, 0) is 17.8 Å². The van der Waals surface area contributed by atoms with Crippen molar-refractivity contribution in [3.63, 3.8) is 0 Å². The van der Waals surface area contributed by atoms with Gasteiger partial charge in [-0.15, -0.1) is 11.3 Å². The Morgan fingerprint density at radius 2 is 2.30 bits per heavy atom. The highest BCUT2D eigenvalue weighted by atomic mass is 32.2. The van der Waals surface area contributed by atoms with Gasteiger partial charge in [0.1, 0.15) is 0 Å². The maximum Gasteiger partial charge on any atom is 0.313 e. The van der Waals surface area contributed by atoms with Crippen molar-refractivity contribution < 1.29 is 9.90 Å². The van der Waals surface area contributed by atoms with E-state index in [0.29, 0.717) is 11.7 Å². The number of rotatable bonds is 6. The molecule has 0 amide bonds. The summed E-state index contributed by atoms with van der Waals surface area (Å²) in [4.78, 5) is 30.1. The lowest BCUT2D eigenvalue weighted by Gasteiger charge is -2.09. The standard InChI is InChI=1S/C12H13N3O3S2/c1-8-13-9(6-19-8)2-4-15-5-3-10(16)14-12(15)20-7-11(17)18/h3,5-6H,2,4,7H2,1H3,(H,17,18). The number of aliphatic carboxylic acids is 1. The topological polar surface area (TPSA) is 85.1 Å². The predicted molar refractivity (Wildman–Crippen MR) is 77.4 cm³/mol. The Kier molecular flexibility index (Phi) is 4.91. The van der Waals surface area contributed by atoms with Crippen molar-refractivity contribution in [2.45, 2.75) is 25.0 Å². The number of thiazole rings is 1. The van der Waals surface area contributed by atoms with Crippen LogP contribution in [0.15, 0.2) is 27.6 Å². The van der Waals surface area contributed by atoms with Crippen molar-refractivity contribution in [1.29, 1.82) is 0 Å². The van der Waals surface area contributed by atoms with E-state index in [9.17, 15) is 9.59 Å². The zero-order chi connectivity index (χ0) is 14.5. The summed E-state index contributed by atoms with van der Waals surface area (Å²) in [5.74, 6) is -1.05. The molecule has 2 aromatic heterocycles. The highest BCUT2D eigenvalue weighted by Gasteiger charge is 2.07. The molecule has 0 saturated carbocycles. The average Bonchev–Trinajstić information content (AvgIpc) is 2.81. The lowest BCUT2D eigenvalue weighted by atomic mass is 10.3. The van der Waals surface area contributed by atoms with Gasteiger partial charge in [0.2, 0.25) is 0 Å². The number of aryl methyl sites for hydroxylation is 3. The van der Waals surface area contributed by atoms with Gasteiger partial charge in [-0.1, -0.05) is 11.8 Å². The minimum Gasteiger partial charge on any atom is -0.481 e. The second kappa shape index (κ2) is 6.67. The van der Waals surface area contributed by atoms with Crippen LogP contribution in [0.25, 0.3) is 0 Å². The third kappa shape index (κ3) is 4.17. The molecule has 0 saturated heterocycles. The van der Waals surface area contributed by atoms with Gasteiger partial charge in [0.25, 0.3) is 5.56 Å². The second-order valence-corrected chi connectivity index (χ2v) is 6.04. The van der Waals surface area contributed by atoms with Crippen LogP contribution in [0, 0.1) is 6.92 Å². The molecular weight excluding hydrogens is 298 g/mol. The van der Waals surface area contributed by atoms with Gasteiger partial charge >= 0.3 is 5.97 Å². The molecule has 2 aromatic rings. The molecule has 1 N–H and O–H groups in total. The molecule has 20 heavy (non-hydrogen) atoms. The Morgan fingerprint density at radius 1 is 1.50 bits per heavy atom. The third-order valence-corrected chi connectivity index (χ3v) is 4.25. The number of carboxylic acids is 1. The minimum absolute atomic E-state index is 0.119. The van der Waals surface area contributed by atoms with E-state index in [1.165, 1.54) is 6.07 Å². The van der Waals surface area contributed by atoms with Crippen molar-refractivity contribution in [2.75, 3.05) is 5.75 Å². The number of thioether (sulfide) groups is 1. The van der Waals surface area contributed by atoms with Crippen LogP contribution >= 0.6 is 23.1 Å². The maximum atomic E-state index is 11.3. The van der Waals surface area contributed by atoms with E-state index >= 15 is 0 Å². The summed E-state index contributed by atoms with van der Waals surface area (Å²) < 4.78 is 1.78. The molecule has 0 aliphatic rings. The van der Waals surface area contributed by atoms with Gasteiger partial charge in [-0.2, -0.15) is 4.98 Å². The maximum absolute atomic E-state index is 11.3. The van der Waals surface area contributed by atoms with Gasteiger partial charge in [-0.3, -0.25) is 9.59 Å². The van der Waals surface area contributed by atoms with Crippen LogP contribution in [0.1, 0.15) is 10.7 Å². The van der Waals surface area contributed by atoms with Crippen LogP contribution in [0.3, 0.4) is 0 Å². The van der Waals surface area contributed by atoms with Gasteiger partial charge in [-0.25, -0.2) is 4.98 Å². The molecule has 2 rings (SSSR count). The quantitative estimate of drug-likeness (QED) is 0.641. The Bertz CT molecular complexity index is 666. The van der Waals surface area contributed by atoms with E-state index in [-0.39, 0.29) is 11.3 Å². The van der Waals surface area contributed by atoms with Crippen molar-refractivity contribution >= 4 is 29.1 Å². The number of carboxylic acid groups (broad SMARTS) is 1. The highest BCUT2D eigenvalue weighted by Crippen LogP contribution is 2.15. The summed E-state index contributed by atoms with van der Waals surface area (Å²) >= 11 is 2.64. The van der Waals surface area contributed by atoms with Crippen molar-refractivity contribution in [3.05, 3.63) is 38.7 Å². The lowest BCUT2D eigenvalue weighted by Crippen LogP contribution is -2.15. The van der Waals surface area contributed by atoms with Crippen molar-refractivity contribution in [1.82, 2.24) is 14.5 Å². The van der Waals surface area contributed by atoms with Crippen LogP contribution < -0.4 is 5.56 Å². The minimum atomic E-state index is -0.935. The first kappa shape index (κ1) is 14.7. The average molecular weight is 311 g/mol. The van der Waals surface area contributed by atoms with E-state index in [2.05, 4.69) is 9.97 Å². The van der Waals surface area contributed by atoms with Gasteiger partial charge in [0, 0.05) is 30.6 Å². The van der Waals surface area contributed by atoms with E-state index in [1.54, 1.807) is 22.1 Å². The first-order valence-corrected chi connectivity index (χ1v) is 7.74. The fraction of sp³-hybridized carbons (Fsp3) is 0.333. The van der Waals surface area contributed by atoms with Crippen molar-refractivity contribution in [3.8, 4) is 0 Å². The largest absolute Gasteiger partial charge is 0.481 e. The van der Waals surface area contributed by atoms with Gasteiger partial charge < -0.3 is 9.67 Å². The summed E-state index contributed by atoms with van der Waals surface area (Å²) in [6, 6.07) is 1.37. The van der Waals surface area contributed by atoms with E-state index < -0.39 is 5.97 Å². The predicted octanol–water partition coefficient (Wildman–Crippen LogP) is 1.43. The second-order valence-electron chi connectivity index (χ2n) is 4.03. The van der Waals surface area contributed by atoms with Crippen LogP contribution in [0.4, 0.5) is 0 Å². The van der Waals surface area contributed by atoms with Gasteiger partial charge in [-0.05, 0) is 6.92 Å². The molecule has 106 valence electrons. The molecular formula is C12H13N3O3S2. The lowest BCUT2D eigenvalue weighted by molar-refractivity contribution is -0.133. The Balaban J connectivity index is 2.09. The number of nitrogens with zero attached hydrogens (tertiary/aromatic N) is 3. The van der Waals surface area contributed by atoms with Gasteiger partial charge in [0.15, 0.2) is 5.16 Å². The summed E-state index contributed by atoms with van der Waals surface area (Å²) in [5.41, 5.74) is 0.624. The molecule has 8 heteroatoms. The number of aromatic nitrogens is 3. The van der Waals surface area contributed by atoms with E-state index in [4.69, 9.17) is 5.11 Å². The normalized spacial score (nSPS) is 10.7. The molecule has 0 spiro atoms. The van der Waals surface area contributed by atoms with E-state index in [0.717, 1.165) is 28.9 Å². The first-order valence-electron chi connectivity index (χ1n) is 5.87. The summed E-state index contributed by atoms with van der Waals surface area (Å²) in [6.45, 7) is 2.56. The summed E-state index contributed by atoms with van der Waals surface area (Å²) in [6.07, 6.45) is 2.36. The van der Waals surface area contributed by atoms with Crippen LogP contribution in [-0.4, -0.2) is 31.4 Å². The fourth-order valence-corrected chi connectivity index (χ4v) is 2.96. The fourth-order valence-electron chi connectivity index (χ4n) is 1.58. The molecule has 2 heterocycles. The molecule has 0 unspecified atom stereocenters. The molecule has 0 aliphatic heterocycles. The number of hydrogen-bond donors (Lipinski definition) is 1. The SMILES string of the molecule is Cc1nc(CCn2ccc(=O)nc2SCC(=O)O)cs1.